The summed E-state index contributed by atoms with van der Waals surface area (Å²) in [6.07, 6.45) is 0.676. The molecule has 0 radical (unpaired) electrons. The van der Waals surface area contributed by atoms with Crippen LogP contribution in [0.2, 0.25) is 0 Å². The maximum atomic E-state index is 11.2. The third kappa shape index (κ3) is 3.79. The molecule has 0 fully saturated rings. The van der Waals surface area contributed by atoms with Crippen LogP contribution in [0.4, 0.5) is 11.5 Å². The van der Waals surface area contributed by atoms with Gasteiger partial charge in [0.05, 0.1) is 12.2 Å². The van der Waals surface area contributed by atoms with Gasteiger partial charge in [0, 0.05) is 24.1 Å². The maximum Gasteiger partial charge on any atom is 0.335 e. The Labute approximate surface area is 123 Å². The Morgan fingerprint density at radius 2 is 2.10 bits per heavy atom. The van der Waals surface area contributed by atoms with Crippen LogP contribution in [-0.4, -0.2) is 23.2 Å². The molecule has 0 aliphatic carbocycles. The molecular formula is C16H18N2O3. The zero-order chi connectivity index (χ0) is 15.2. The summed E-state index contributed by atoms with van der Waals surface area (Å²) in [6, 6.07) is 10.8. The fourth-order valence-electron chi connectivity index (χ4n) is 2.02. The number of carboxylic acids is 1. The molecule has 0 unspecified atom stereocenters. The summed E-state index contributed by atoms with van der Waals surface area (Å²) in [6.45, 7) is 2.42. The first-order chi connectivity index (χ1) is 10.1. The number of aromatic carboxylic acids is 1. The average molecular weight is 286 g/mol. The van der Waals surface area contributed by atoms with Gasteiger partial charge in [-0.1, -0.05) is 25.1 Å². The van der Waals surface area contributed by atoms with Gasteiger partial charge < -0.3 is 15.2 Å². The SMILES string of the molecule is CCc1cc(C(=O)O)cc(Nc2ccccc2COC)n1. The van der Waals surface area contributed by atoms with E-state index in [4.69, 9.17) is 9.84 Å². The van der Waals surface area contributed by atoms with E-state index in [1.807, 2.05) is 31.2 Å². The summed E-state index contributed by atoms with van der Waals surface area (Å²) in [5.74, 6) is -0.435. The summed E-state index contributed by atoms with van der Waals surface area (Å²) < 4.78 is 5.16. The van der Waals surface area contributed by atoms with Crippen molar-refractivity contribution in [1.29, 1.82) is 0 Å². The second-order valence-corrected chi connectivity index (χ2v) is 4.61. The smallest absolute Gasteiger partial charge is 0.335 e. The molecule has 2 N–H and O–H groups in total. The topological polar surface area (TPSA) is 71.5 Å². The molecule has 1 aromatic heterocycles. The number of rotatable bonds is 6. The van der Waals surface area contributed by atoms with E-state index in [0.29, 0.717) is 18.8 Å². The molecule has 1 aromatic carbocycles. The number of pyridine rings is 1. The molecular weight excluding hydrogens is 268 g/mol. The number of benzene rings is 1. The summed E-state index contributed by atoms with van der Waals surface area (Å²) in [4.78, 5) is 15.6. The van der Waals surface area contributed by atoms with Gasteiger partial charge in [-0.05, 0) is 24.6 Å². The number of methoxy groups -OCH3 is 1. The first-order valence-electron chi connectivity index (χ1n) is 6.72. The van der Waals surface area contributed by atoms with Gasteiger partial charge in [0.15, 0.2) is 0 Å². The van der Waals surface area contributed by atoms with Crippen LogP contribution in [0.15, 0.2) is 36.4 Å². The monoisotopic (exact) mass is 286 g/mol. The van der Waals surface area contributed by atoms with Crippen LogP contribution >= 0.6 is 0 Å². The lowest BCUT2D eigenvalue weighted by Gasteiger charge is -2.12. The highest BCUT2D eigenvalue weighted by Gasteiger charge is 2.09. The molecule has 0 bridgehead atoms. The van der Waals surface area contributed by atoms with Crippen molar-refractivity contribution in [2.24, 2.45) is 0 Å². The fraction of sp³-hybridized carbons (Fsp3) is 0.250. The second-order valence-electron chi connectivity index (χ2n) is 4.61. The van der Waals surface area contributed by atoms with E-state index in [1.54, 1.807) is 13.2 Å². The Kier molecular flexibility index (Phi) is 4.90. The van der Waals surface area contributed by atoms with Gasteiger partial charge in [0.25, 0.3) is 0 Å². The van der Waals surface area contributed by atoms with E-state index in [0.717, 1.165) is 16.9 Å². The van der Waals surface area contributed by atoms with Crippen molar-refractivity contribution in [1.82, 2.24) is 4.98 Å². The van der Waals surface area contributed by atoms with E-state index >= 15 is 0 Å². The lowest BCUT2D eigenvalue weighted by Crippen LogP contribution is -2.04. The first kappa shape index (κ1) is 15.0. The van der Waals surface area contributed by atoms with Gasteiger partial charge in [-0.2, -0.15) is 0 Å². The van der Waals surface area contributed by atoms with Gasteiger partial charge >= 0.3 is 5.97 Å². The van der Waals surface area contributed by atoms with Gasteiger partial charge in [0.1, 0.15) is 5.82 Å². The van der Waals surface area contributed by atoms with Crippen LogP contribution < -0.4 is 5.32 Å². The first-order valence-corrected chi connectivity index (χ1v) is 6.72. The summed E-state index contributed by atoms with van der Waals surface area (Å²) in [7, 11) is 1.63. The quantitative estimate of drug-likeness (QED) is 0.853. The molecule has 0 atom stereocenters. The number of ether oxygens (including phenoxy) is 1. The number of hydrogen-bond donors (Lipinski definition) is 2. The third-order valence-corrected chi connectivity index (χ3v) is 3.07. The number of carbonyl (C=O) groups is 1. The molecule has 0 saturated carbocycles. The van der Waals surface area contributed by atoms with Crippen molar-refractivity contribution in [3.8, 4) is 0 Å². The second kappa shape index (κ2) is 6.85. The highest BCUT2D eigenvalue weighted by atomic mass is 16.5. The highest BCUT2D eigenvalue weighted by Crippen LogP contribution is 2.21. The Hall–Kier alpha value is -2.40. The zero-order valence-corrected chi connectivity index (χ0v) is 12.1. The Morgan fingerprint density at radius 1 is 1.33 bits per heavy atom. The van der Waals surface area contributed by atoms with Crippen molar-refractivity contribution in [3.05, 3.63) is 53.2 Å². The molecule has 0 spiro atoms. The molecule has 110 valence electrons. The number of nitrogens with one attached hydrogen (secondary N) is 1. The van der Waals surface area contributed by atoms with Gasteiger partial charge in [0.2, 0.25) is 0 Å². The van der Waals surface area contributed by atoms with Crippen LogP contribution in [-0.2, 0) is 17.8 Å². The van der Waals surface area contributed by atoms with Crippen LogP contribution in [0.3, 0.4) is 0 Å². The van der Waals surface area contributed by atoms with Crippen LogP contribution in [0.5, 0.6) is 0 Å². The molecule has 0 aliphatic rings. The van der Waals surface area contributed by atoms with Crippen LogP contribution in [0.25, 0.3) is 0 Å². The van der Waals surface area contributed by atoms with E-state index < -0.39 is 5.97 Å². The standard InChI is InChI=1S/C16H18N2O3/c1-3-13-8-12(16(19)20)9-15(17-13)18-14-7-5-4-6-11(14)10-21-2/h4-9H,3,10H2,1-2H3,(H,17,18)(H,19,20). The van der Waals surface area contributed by atoms with Gasteiger partial charge in [-0.3, -0.25) is 0 Å². The molecule has 5 heteroatoms. The fourth-order valence-corrected chi connectivity index (χ4v) is 2.02. The predicted octanol–water partition coefficient (Wildman–Crippen LogP) is 3.23. The largest absolute Gasteiger partial charge is 0.478 e. The highest BCUT2D eigenvalue weighted by molar-refractivity contribution is 5.88. The minimum absolute atomic E-state index is 0.230. The van der Waals surface area contributed by atoms with E-state index in [-0.39, 0.29) is 5.56 Å². The van der Waals surface area contributed by atoms with Crippen LogP contribution in [0, 0.1) is 0 Å². The number of para-hydroxylation sites is 1. The minimum Gasteiger partial charge on any atom is -0.478 e. The predicted molar refractivity (Wildman–Crippen MR) is 81.0 cm³/mol. The van der Waals surface area contributed by atoms with Gasteiger partial charge in [-0.25, -0.2) is 9.78 Å². The van der Waals surface area contributed by atoms with Crippen molar-refractivity contribution in [3.63, 3.8) is 0 Å². The summed E-state index contributed by atoms with van der Waals surface area (Å²) in [5, 5.41) is 12.3. The summed E-state index contributed by atoms with van der Waals surface area (Å²) in [5.41, 5.74) is 2.81. The maximum absolute atomic E-state index is 11.2. The summed E-state index contributed by atoms with van der Waals surface area (Å²) >= 11 is 0. The molecule has 2 aromatic rings. The van der Waals surface area contributed by atoms with Crippen molar-refractivity contribution < 1.29 is 14.6 Å². The minimum atomic E-state index is -0.958. The molecule has 21 heavy (non-hydrogen) atoms. The van der Waals surface area contributed by atoms with Gasteiger partial charge in [-0.15, -0.1) is 0 Å². The zero-order valence-electron chi connectivity index (χ0n) is 12.1. The number of nitrogens with zero attached hydrogens (tertiary/aromatic N) is 1. The number of aromatic nitrogens is 1. The number of carboxylic acid groups (broad SMARTS) is 1. The van der Waals surface area contributed by atoms with E-state index in [2.05, 4.69) is 10.3 Å². The molecule has 0 saturated heterocycles. The third-order valence-electron chi connectivity index (χ3n) is 3.07. The molecule has 2 rings (SSSR count). The lowest BCUT2D eigenvalue weighted by molar-refractivity contribution is 0.0696. The molecule has 1 heterocycles. The van der Waals surface area contributed by atoms with Crippen molar-refractivity contribution in [2.45, 2.75) is 20.0 Å². The molecule has 0 amide bonds. The van der Waals surface area contributed by atoms with Crippen molar-refractivity contribution >= 4 is 17.5 Å². The van der Waals surface area contributed by atoms with E-state index in [9.17, 15) is 4.79 Å². The normalized spacial score (nSPS) is 10.4. The Bertz CT molecular complexity index is 641. The number of anilines is 2. The number of aryl methyl sites for hydroxylation is 1. The Morgan fingerprint density at radius 3 is 2.76 bits per heavy atom. The number of hydrogen-bond acceptors (Lipinski definition) is 4. The molecule has 0 aliphatic heterocycles. The lowest BCUT2D eigenvalue weighted by atomic mass is 10.1. The van der Waals surface area contributed by atoms with Crippen molar-refractivity contribution in [2.75, 3.05) is 12.4 Å². The van der Waals surface area contributed by atoms with E-state index in [1.165, 1.54) is 6.07 Å². The van der Waals surface area contributed by atoms with Crippen LogP contribution in [0.1, 0.15) is 28.5 Å². The molecule has 5 nitrogen and oxygen atoms in total. The Balaban J connectivity index is 2.35. The average Bonchev–Trinajstić information content (AvgIpc) is 2.49.